The number of aromatic hydroxyl groups is 1. The number of carbonyl (C=O) groups excluding carboxylic acids is 1. The number of phenols is 1. The van der Waals surface area contributed by atoms with Gasteiger partial charge in [0, 0.05) is 11.7 Å². The number of amides is 1. The number of rotatable bonds is 4. The van der Waals surface area contributed by atoms with Gasteiger partial charge in [0.25, 0.3) is 0 Å². The number of para-hydroxylation sites is 1. The first-order valence-corrected chi connectivity index (χ1v) is 9.22. The first-order chi connectivity index (χ1) is 12.6. The molecule has 0 aliphatic carbocycles. The van der Waals surface area contributed by atoms with Crippen molar-refractivity contribution in [3.63, 3.8) is 0 Å². The zero-order chi connectivity index (χ0) is 18.1. The van der Waals surface area contributed by atoms with Gasteiger partial charge < -0.3 is 10.0 Å². The molecule has 0 spiro atoms. The fraction of sp³-hybridized carbons (Fsp3) is 0.222. The Balaban J connectivity index is 1.49. The monoisotopic (exact) mass is 367 g/mol. The highest BCUT2D eigenvalue weighted by molar-refractivity contribution is 7.99. The van der Waals surface area contributed by atoms with Crippen molar-refractivity contribution in [3.8, 4) is 11.4 Å². The molecule has 0 bridgehead atoms. The largest absolute Gasteiger partial charge is 0.508 e. The number of thioether (sulfide) groups is 1. The average Bonchev–Trinajstić information content (AvgIpc) is 3.23. The van der Waals surface area contributed by atoms with Crippen molar-refractivity contribution >= 4 is 23.4 Å². The molecular formula is C18H17N5O2S. The molecule has 2 aromatic carbocycles. The maximum Gasteiger partial charge on any atom is 0.237 e. The smallest absolute Gasteiger partial charge is 0.237 e. The van der Waals surface area contributed by atoms with Gasteiger partial charge in [-0.1, -0.05) is 30.0 Å². The second-order valence-corrected chi connectivity index (χ2v) is 7.07. The molecule has 1 N–H and O–H groups in total. The van der Waals surface area contributed by atoms with Crippen LogP contribution in [0.2, 0.25) is 0 Å². The summed E-state index contributed by atoms with van der Waals surface area (Å²) in [5.41, 5.74) is 2.92. The maximum atomic E-state index is 12.8. The third kappa shape index (κ3) is 3.03. The molecule has 3 aromatic rings. The molecule has 0 saturated heterocycles. The van der Waals surface area contributed by atoms with Crippen molar-refractivity contribution < 1.29 is 9.90 Å². The van der Waals surface area contributed by atoms with Crippen molar-refractivity contribution in [3.05, 3.63) is 54.1 Å². The van der Waals surface area contributed by atoms with Crippen molar-refractivity contribution in [2.75, 3.05) is 10.7 Å². The molecule has 1 aromatic heterocycles. The average molecular weight is 367 g/mol. The lowest BCUT2D eigenvalue weighted by Crippen LogP contribution is -2.37. The Morgan fingerprint density at radius 2 is 2.00 bits per heavy atom. The zero-order valence-corrected chi connectivity index (χ0v) is 14.9. The van der Waals surface area contributed by atoms with Gasteiger partial charge in [0.15, 0.2) is 0 Å². The molecule has 2 heterocycles. The quantitative estimate of drug-likeness (QED) is 0.713. The summed E-state index contributed by atoms with van der Waals surface area (Å²) >= 11 is 1.30. The number of carbonyl (C=O) groups is 1. The van der Waals surface area contributed by atoms with Gasteiger partial charge in [0.2, 0.25) is 11.1 Å². The van der Waals surface area contributed by atoms with E-state index in [0.29, 0.717) is 5.16 Å². The Morgan fingerprint density at radius 1 is 1.23 bits per heavy atom. The van der Waals surface area contributed by atoms with E-state index in [0.717, 1.165) is 17.8 Å². The Hall–Kier alpha value is -2.87. The van der Waals surface area contributed by atoms with Crippen LogP contribution in [0, 0.1) is 0 Å². The van der Waals surface area contributed by atoms with Gasteiger partial charge in [-0.3, -0.25) is 4.79 Å². The van der Waals surface area contributed by atoms with Crippen molar-refractivity contribution in [1.29, 1.82) is 0 Å². The first kappa shape index (κ1) is 16.6. The molecule has 1 atom stereocenters. The molecule has 0 saturated carbocycles. The minimum absolute atomic E-state index is 0.0349. The van der Waals surface area contributed by atoms with Gasteiger partial charge in [-0.15, -0.1) is 5.10 Å². The van der Waals surface area contributed by atoms with Crippen molar-refractivity contribution in [1.82, 2.24) is 20.2 Å². The second kappa shape index (κ2) is 6.80. The number of anilines is 1. The van der Waals surface area contributed by atoms with E-state index in [-0.39, 0.29) is 23.5 Å². The summed E-state index contributed by atoms with van der Waals surface area (Å²) in [6.07, 6.45) is 0.873. The van der Waals surface area contributed by atoms with E-state index in [2.05, 4.69) is 28.5 Å². The van der Waals surface area contributed by atoms with Crippen molar-refractivity contribution in [2.45, 2.75) is 24.5 Å². The number of phenolic OH excluding ortho intramolecular Hbond substituents is 1. The summed E-state index contributed by atoms with van der Waals surface area (Å²) in [5.74, 6) is 0.456. The van der Waals surface area contributed by atoms with Crippen LogP contribution in [0.1, 0.15) is 12.5 Å². The predicted octanol–water partition coefficient (Wildman–Crippen LogP) is 2.44. The third-order valence-corrected chi connectivity index (χ3v) is 5.24. The van der Waals surface area contributed by atoms with E-state index in [4.69, 9.17) is 0 Å². The molecule has 1 aliphatic heterocycles. The lowest BCUT2D eigenvalue weighted by atomic mass is 10.1. The SMILES string of the molecule is CC1Cc2ccccc2N1C(=O)CSc1nnnn1-c1ccc(O)cc1. The maximum absolute atomic E-state index is 12.8. The molecule has 1 aliphatic rings. The van der Waals surface area contributed by atoms with Crippen LogP contribution in [0.4, 0.5) is 5.69 Å². The summed E-state index contributed by atoms with van der Waals surface area (Å²) in [7, 11) is 0. The highest BCUT2D eigenvalue weighted by Gasteiger charge is 2.30. The molecule has 0 fully saturated rings. The summed E-state index contributed by atoms with van der Waals surface area (Å²) in [6.45, 7) is 2.06. The number of aromatic nitrogens is 4. The van der Waals surface area contributed by atoms with E-state index >= 15 is 0 Å². The number of fused-ring (bicyclic) bond motifs is 1. The zero-order valence-electron chi connectivity index (χ0n) is 14.1. The second-order valence-electron chi connectivity index (χ2n) is 6.12. The minimum Gasteiger partial charge on any atom is -0.508 e. The summed E-state index contributed by atoms with van der Waals surface area (Å²) in [6, 6.07) is 14.7. The molecule has 8 heteroatoms. The molecule has 1 amide bonds. The van der Waals surface area contributed by atoms with Crippen LogP contribution >= 0.6 is 11.8 Å². The fourth-order valence-corrected chi connectivity index (χ4v) is 3.92. The van der Waals surface area contributed by atoms with Gasteiger partial charge in [0.1, 0.15) is 5.75 Å². The van der Waals surface area contributed by atoms with E-state index in [1.54, 1.807) is 28.9 Å². The highest BCUT2D eigenvalue weighted by atomic mass is 32.2. The summed E-state index contributed by atoms with van der Waals surface area (Å²) < 4.78 is 1.55. The lowest BCUT2D eigenvalue weighted by Gasteiger charge is -2.22. The van der Waals surface area contributed by atoms with Crippen LogP contribution in [-0.4, -0.2) is 43.0 Å². The van der Waals surface area contributed by atoms with Crippen LogP contribution in [0.3, 0.4) is 0 Å². The van der Waals surface area contributed by atoms with Crippen LogP contribution < -0.4 is 4.90 Å². The number of hydrogen-bond donors (Lipinski definition) is 1. The van der Waals surface area contributed by atoms with Crippen molar-refractivity contribution in [2.24, 2.45) is 0 Å². The standard InChI is InChI=1S/C18H17N5O2S/c1-12-10-13-4-2-3-5-16(13)22(12)17(25)11-26-18-19-20-21-23(18)14-6-8-15(24)9-7-14/h2-9,12,24H,10-11H2,1H3. The van der Waals surface area contributed by atoms with Gasteiger partial charge in [-0.05, 0) is 59.7 Å². The first-order valence-electron chi connectivity index (χ1n) is 8.24. The number of hydrogen-bond acceptors (Lipinski definition) is 6. The van der Waals surface area contributed by atoms with Crippen LogP contribution in [-0.2, 0) is 11.2 Å². The van der Waals surface area contributed by atoms with Crippen LogP contribution in [0.5, 0.6) is 5.75 Å². The Kier molecular flexibility index (Phi) is 4.34. The van der Waals surface area contributed by atoms with Crippen LogP contribution in [0.15, 0.2) is 53.7 Å². The minimum atomic E-state index is 0.0349. The van der Waals surface area contributed by atoms with Gasteiger partial charge in [-0.25, -0.2) is 0 Å². The molecule has 4 rings (SSSR count). The van der Waals surface area contributed by atoms with Crippen LogP contribution in [0.25, 0.3) is 5.69 Å². The number of nitrogens with zero attached hydrogens (tertiary/aromatic N) is 5. The fourth-order valence-electron chi connectivity index (χ4n) is 3.17. The molecular weight excluding hydrogens is 350 g/mol. The molecule has 0 radical (unpaired) electrons. The van der Waals surface area contributed by atoms with Gasteiger partial charge in [0.05, 0.1) is 11.4 Å². The highest BCUT2D eigenvalue weighted by Crippen LogP contribution is 2.32. The number of benzene rings is 2. The molecule has 26 heavy (non-hydrogen) atoms. The van der Waals surface area contributed by atoms with E-state index in [1.165, 1.54) is 17.3 Å². The van der Waals surface area contributed by atoms with Gasteiger partial charge in [-0.2, -0.15) is 4.68 Å². The Labute approximate surface area is 154 Å². The Bertz CT molecular complexity index is 941. The molecule has 1 unspecified atom stereocenters. The van der Waals surface area contributed by atoms with E-state index in [1.807, 2.05) is 23.1 Å². The lowest BCUT2D eigenvalue weighted by molar-refractivity contribution is -0.116. The predicted molar refractivity (Wildman–Crippen MR) is 98.6 cm³/mol. The summed E-state index contributed by atoms with van der Waals surface area (Å²) in [4.78, 5) is 14.7. The van der Waals surface area contributed by atoms with Gasteiger partial charge >= 0.3 is 0 Å². The number of tetrazole rings is 1. The normalized spacial score (nSPS) is 15.9. The topological polar surface area (TPSA) is 84.1 Å². The summed E-state index contributed by atoms with van der Waals surface area (Å²) in [5, 5.41) is 21.6. The Morgan fingerprint density at radius 3 is 2.81 bits per heavy atom. The third-order valence-electron chi connectivity index (χ3n) is 4.34. The molecule has 7 nitrogen and oxygen atoms in total. The van der Waals surface area contributed by atoms with E-state index < -0.39 is 0 Å². The molecule has 132 valence electrons. The van der Waals surface area contributed by atoms with E-state index in [9.17, 15) is 9.90 Å².